The molecule has 1 aromatic carbocycles. The van der Waals surface area contributed by atoms with E-state index in [9.17, 15) is 9.59 Å². The molecule has 3 rings (SSSR count). The van der Waals surface area contributed by atoms with Crippen LogP contribution in [0.1, 0.15) is 16.0 Å². The highest BCUT2D eigenvalue weighted by molar-refractivity contribution is 7.09. The number of rotatable bonds is 6. The van der Waals surface area contributed by atoms with E-state index in [2.05, 4.69) is 11.4 Å². The monoisotopic (exact) mass is 343 g/mol. The number of carbonyl (C=O) groups is 2. The maximum Gasteiger partial charge on any atom is 0.235 e. The van der Waals surface area contributed by atoms with Crippen LogP contribution in [0.15, 0.2) is 41.8 Å². The van der Waals surface area contributed by atoms with Crippen LogP contribution in [0.4, 0.5) is 0 Å². The summed E-state index contributed by atoms with van der Waals surface area (Å²) in [5, 5.41) is 4.95. The standard InChI is InChI=1S/C18H21N3O2S/c19-18(23)16-10-13-4-1-2-5-14(13)11-21(16)12-17(22)20-8-7-15-6-3-9-24-15/h1-6,9,16H,7-8,10-12H2,(H2,19,23)(H,20,22)/t16-/m0/s1. The first kappa shape index (κ1) is 16.7. The van der Waals surface area contributed by atoms with Gasteiger partial charge in [-0.15, -0.1) is 11.3 Å². The lowest BCUT2D eigenvalue weighted by Crippen LogP contribution is -2.51. The van der Waals surface area contributed by atoms with Gasteiger partial charge < -0.3 is 11.1 Å². The third-order valence-electron chi connectivity index (χ3n) is 4.29. The van der Waals surface area contributed by atoms with E-state index in [1.165, 1.54) is 4.88 Å². The molecule has 2 aromatic rings. The van der Waals surface area contributed by atoms with E-state index in [-0.39, 0.29) is 18.4 Å². The summed E-state index contributed by atoms with van der Waals surface area (Å²) in [5.41, 5.74) is 7.83. The van der Waals surface area contributed by atoms with Gasteiger partial charge in [0.25, 0.3) is 0 Å². The second-order valence-electron chi connectivity index (χ2n) is 5.98. The van der Waals surface area contributed by atoms with E-state index in [0.717, 1.165) is 17.5 Å². The molecule has 0 saturated heterocycles. The quantitative estimate of drug-likeness (QED) is 0.831. The van der Waals surface area contributed by atoms with Gasteiger partial charge in [-0.2, -0.15) is 0 Å². The van der Waals surface area contributed by atoms with E-state index >= 15 is 0 Å². The SMILES string of the molecule is NC(=O)[C@@H]1Cc2ccccc2CN1CC(=O)NCCc1cccs1. The summed E-state index contributed by atoms with van der Waals surface area (Å²) in [5.74, 6) is -0.451. The van der Waals surface area contributed by atoms with Crippen molar-refractivity contribution in [1.82, 2.24) is 10.2 Å². The van der Waals surface area contributed by atoms with Gasteiger partial charge in [-0.3, -0.25) is 14.5 Å². The maximum absolute atomic E-state index is 12.2. The predicted molar refractivity (Wildman–Crippen MR) is 94.6 cm³/mol. The van der Waals surface area contributed by atoms with Crippen molar-refractivity contribution in [2.45, 2.75) is 25.4 Å². The highest BCUT2D eigenvalue weighted by atomic mass is 32.1. The topological polar surface area (TPSA) is 75.4 Å². The third-order valence-corrected chi connectivity index (χ3v) is 5.23. The number of amides is 2. The first-order valence-corrected chi connectivity index (χ1v) is 8.90. The Kier molecular flexibility index (Phi) is 5.27. The average Bonchev–Trinajstić information content (AvgIpc) is 3.07. The van der Waals surface area contributed by atoms with Crippen molar-refractivity contribution in [3.05, 3.63) is 57.8 Å². The van der Waals surface area contributed by atoms with E-state index in [4.69, 9.17) is 5.73 Å². The molecule has 24 heavy (non-hydrogen) atoms. The minimum Gasteiger partial charge on any atom is -0.368 e. The lowest BCUT2D eigenvalue weighted by molar-refractivity contribution is -0.127. The molecular weight excluding hydrogens is 322 g/mol. The van der Waals surface area contributed by atoms with Gasteiger partial charge in [0.1, 0.15) is 0 Å². The molecule has 1 aliphatic heterocycles. The Bertz CT molecular complexity index is 715. The molecule has 2 amide bonds. The highest BCUT2D eigenvalue weighted by Gasteiger charge is 2.30. The number of hydrogen-bond acceptors (Lipinski definition) is 4. The van der Waals surface area contributed by atoms with Crippen LogP contribution in [0.5, 0.6) is 0 Å². The number of nitrogens with one attached hydrogen (secondary N) is 1. The molecule has 0 fully saturated rings. The highest BCUT2D eigenvalue weighted by Crippen LogP contribution is 2.22. The molecule has 1 aromatic heterocycles. The Balaban J connectivity index is 1.58. The van der Waals surface area contributed by atoms with Crippen LogP contribution in [-0.4, -0.2) is 35.8 Å². The molecule has 0 aliphatic carbocycles. The number of carbonyl (C=O) groups excluding carboxylic acids is 2. The van der Waals surface area contributed by atoms with Crippen LogP contribution in [0.25, 0.3) is 0 Å². The number of hydrogen-bond donors (Lipinski definition) is 2. The van der Waals surface area contributed by atoms with Gasteiger partial charge in [0, 0.05) is 18.0 Å². The molecule has 6 heteroatoms. The van der Waals surface area contributed by atoms with Crippen molar-refractivity contribution in [3.8, 4) is 0 Å². The molecule has 1 atom stereocenters. The third kappa shape index (κ3) is 4.01. The van der Waals surface area contributed by atoms with Gasteiger partial charge in [0.05, 0.1) is 12.6 Å². The Morgan fingerprint density at radius 1 is 1.21 bits per heavy atom. The second kappa shape index (κ2) is 7.59. The molecule has 3 N–H and O–H groups in total. The minimum absolute atomic E-state index is 0.0720. The lowest BCUT2D eigenvalue weighted by atomic mass is 9.93. The number of thiophene rings is 1. The largest absolute Gasteiger partial charge is 0.368 e. The Labute approximate surface area is 145 Å². The summed E-state index contributed by atoms with van der Waals surface area (Å²) >= 11 is 1.68. The summed E-state index contributed by atoms with van der Waals surface area (Å²) in [6.45, 7) is 1.36. The fraction of sp³-hybridized carbons (Fsp3) is 0.333. The average molecular weight is 343 g/mol. The normalized spacial score (nSPS) is 17.2. The van der Waals surface area contributed by atoms with Gasteiger partial charge in [-0.05, 0) is 35.4 Å². The fourth-order valence-corrected chi connectivity index (χ4v) is 3.75. The smallest absolute Gasteiger partial charge is 0.235 e. The number of fused-ring (bicyclic) bond motifs is 1. The lowest BCUT2D eigenvalue weighted by Gasteiger charge is -2.34. The molecule has 0 spiro atoms. The van der Waals surface area contributed by atoms with Crippen molar-refractivity contribution in [3.63, 3.8) is 0 Å². The Hall–Kier alpha value is -2.18. The van der Waals surface area contributed by atoms with Crippen molar-refractivity contribution >= 4 is 23.2 Å². The van der Waals surface area contributed by atoms with E-state index in [1.807, 2.05) is 40.6 Å². The molecule has 0 radical (unpaired) electrons. The Morgan fingerprint density at radius 3 is 2.71 bits per heavy atom. The molecule has 126 valence electrons. The van der Waals surface area contributed by atoms with Crippen molar-refractivity contribution < 1.29 is 9.59 Å². The number of nitrogens with two attached hydrogens (primary N) is 1. The van der Waals surface area contributed by atoms with Crippen molar-refractivity contribution in [1.29, 1.82) is 0 Å². The fourth-order valence-electron chi connectivity index (χ4n) is 3.04. The van der Waals surface area contributed by atoms with Gasteiger partial charge >= 0.3 is 0 Å². The number of nitrogens with zero attached hydrogens (tertiary/aromatic N) is 1. The van der Waals surface area contributed by atoms with Crippen LogP contribution in [0, 0.1) is 0 Å². The summed E-state index contributed by atoms with van der Waals surface area (Å²) < 4.78 is 0. The van der Waals surface area contributed by atoms with E-state index < -0.39 is 6.04 Å². The van der Waals surface area contributed by atoms with E-state index in [0.29, 0.717) is 19.5 Å². The predicted octanol–water partition coefficient (Wildman–Crippen LogP) is 1.32. The summed E-state index contributed by atoms with van der Waals surface area (Å²) in [6.07, 6.45) is 1.39. The molecule has 0 saturated carbocycles. The Morgan fingerprint density at radius 2 is 2.00 bits per heavy atom. The molecule has 1 aliphatic rings. The molecule has 0 unspecified atom stereocenters. The summed E-state index contributed by atoms with van der Waals surface area (Å²) in [7, 11) is 0. The first-order chi connectivity index (χ1) is 11.6. The summed E-state index contributed by atoms with van der Waals surface area (Å²) in [6, 6.07) is 11.6. The summed E-state index contributed by atoms with van der Waals surface area (Å²) in [4.78, 5) is 27.1. The number of benzene rings is 1. The first-order valence-electron chi connectivity index (χ1n) is 8.02. The van der Waals surface area contributed by atoms with Gasteiger partial charge in [0.15, 0.2) is 0 Å². The van der Waals surface area contributed by atoms with Gasteiger partial charge in [0.2, 0.25) is 11.8 Å². The van der Waals surface area contributed by atoms with E-state index in [1.54, 1.807) is 11.3 Å². The van der Waals surface area contributed by atoms with Crippen molar-refractivity contribution in [2.75, 3.05) is 13.1 Å². The maximum atomic E-state index is 12.2. The molecule has 0 bridgehead atoms. The zero-order valence-electron chi connectivity index (χ0n) is 13.4. The number of primary amides is 1. The van der Waals surface area contributed by atoms with Crippen LogP contribution >= 0.6 is 11.3 Å². The molecule has 5 nitrogen and oxygen atoms in total. The zero-order valence-corrected chi connectivity index (χ0v) is 14.2. The van der Waals surface area contributed by atoms with Gasteiger partial charge in [-0.25, -0.2) is 0 Å². The van der Waals surface area contributed by atoms with Gasteiger partial charge in [-0.1, -0.05) is 30.3 Å². The second-order valence-corrected chi connectivity index (χ2v) is 7.01. The van der Waals surface area contributed by atoms with Crippen LogP contribution in [0.3, 0.4) is 0 Å². The van der Waals surface area contributed by atoms with Crippen LogP contribution in [-0.2, 0) is 29.0 Å². The van der Waals surface area contributed by atoms with Crippen molar-refractivity contribution in [2.24, 2.45) is 5.73 Å². The minimum atomic E-state index is -0.428. The zero-order chi connectivity index (χ0) is 16.9. The molecular formula is C18H21N3O2S. The van der Waals surface area contributed by atoms with Crippen LogP contribution < -0.4 is 11.1 Å². The molecule has 2 heterocycles. The van der Waals surface area contributed by atoms with Crippen LogP contribution in [0.2, 0.25) is 0 Å².